The third-order valence-electron chi connectivity index (χ3n) is 3.12. The van der Waals surface area contributed by atoms with Crippen LogP contribution in [0.5, 0.6) is 0 Å². The molecule has 0 amide bonds. The molecular weight excluding hydrogens is 188 g/mol. The summed E-state index contributed by atoms with van der Waals surface area (Å²) >= 11 is 0. The number of likely N-dealkylation sites (N-methyl/N-ethyl adjacent to an activating group) is 1. The first kappa shape index (κ1) is 12.3. The zero-order chi connectivity index (χ0) is 11.3. The molecule has 15 heavy (non-hydrogen) atoms. The van der Waals surface area contributed by atoms with Gasteiger partial charge in [0.05, 0.1) is 12.8 Å². The zero-order valence-corrected chi connectivity index (χ0v) is 9.99. The summed E-state index contributed by atoms with van der Waals surface area (Å²) in [4.78, 5) is 2.27. The first-order chi connectivity index (χ1) is 7.12. The van der Waals surface area contributed by atoms with Gasteiger partial charge in [0, 0.05) is 12.1 Å². The number of hydrogen-bond donors (Lipinski definition) is 1. The van der Waals surface area contributed by atoms with Crippen LogP contribution >= 0.6 is 0 Å². The summed E-state index contributed by atoms with van der Waals surface area (Å²) in [6, 6.07) is 3.92. The van der Waals surface area contributed by atoms with Gasteiger partial charge in [-0.1, -0.05) is 13.3 Å². The SMILES string of the molecule is CCCC(C)(CN)N(C)Cc1ccco1. The molecule has 0 radical (unpaired) electrons. The Morgan fingerprint density at radius 3 is 2.73 bits per heavy atom. The van der Waals surface area contributed by atoms with Gasteiger partial charge < -0.3 is 10.2 Å². The Hall–Kier alpha value is -0.800. The van der Waals surface area contributed by atoms with Gasteiger partial charge >= 0.3 is 0 Å². The van der Waals surface area contributed by atoms with Gasteiger partial charge in [-0.05, 0) is 32.5 Å². The van der Waals surface area contributed by atoms with E-state index in [4.69, 9.17) is 10.2 Å². The van der Waals surface area contributed by atoms with Crippen LogP contribution < -0.4 is 5.73 Å². The normalized spacial score (nSPS) is 15.5. The van der Waals surface area contributed by atoms with Crippen molar-refractivity contribution in [3.63, 3.8) is 0 Å². The average molecular weight is 210 g/mol. The smallest absolute Gasteiger partial charge is 0.117 e. The molecule has 1 atom stereocenters. The van der Waals surface area contributed by atoms with Crippen LogP contribution in [0, 0.1) is 0 Å². The Balaban J connectivity index is 2.60. The maximum Gasteiger partial charge on any atom is 0.117 e. The van der Waals surface area contributed by atoms with E-state index in [9.17, 15) is 0 Å². The lowest BCUT2D eigenvalue weighted by Crippen LogP contribution is -2.49. The number of nitrogens with zero attached hydrogens (tertiary/aromatic N) is 1. The molecule has 1 heterocycles. The van der Waals surface area contributed by atoms with E-state index in [0.29, 0.717) is 6.54 Å². The van der Waals surface area contributed by atoms with Crippen molar-refractivity contribution >= 4 is 0 Å². The van der Waals surface area contributed by atoms with Crippen molar-refractivity contribution in [1.82, 2.24) is 4.90 Å². The Bertz CT molecular complexity index is 271. The standard InChI is InChI=1S/C12H22N2O/c1-4-7-12(2,10-13)14(3)9-11-6-5-8-15-11/h5-6,8H,4,7,9-10,13H2,1-3H3. The van der Waals surface area contributed by atoms with Crippen LogP contribution in [0.25, 0.3) is 0 Å². The molecule has 1 aromatic heterocycles. The van der Waals surface area contributed by atoms with Crippen molar-refractivity contribution in [3.05, 3.63) is 24.2 Å². The highest BCUT2D eigenvalue weighted by molar-refractivity contribution is 4.99. The minimum absolute atomic E-state index is 0.0710. The molecule has 0 spiro atoms. The number of hydrogen-bond acceptors (Lipinski definition) is 3. The van der Waals surface area contributed by atoms with Gasteiger partial charge in [0.15, 0.2) is 0 Å². The minimum Gasteiger partial charge on any atom is -0.468 e. The molecule has 1 rings (SSSR count). The molecule has 0 saturated heterocycles. The van der Waals surface area contributed by atoms with Crippen LogP contribution in [0.2, 0.25) is 0 Å². The van der Waals surface area contributed by atoms with Gasteiger partial charge in [0.1, 0.15) is 5.76 Å². The van der Waals surface area contributed by atoms with Crippen molar-refractivity contribution in [3.8, 4) is 0 Å². The summed E-state index contributed by atoms with van der Waals surface area (Å²) in [6.07, 6.45) is 3.97. The Labute approximate surface area is 92.2 Å². The van der Waals surface area contributed by atoms with Crippen LogP contribution in [0.15, 0.2) is 22.8 Å². The lowest BCUT2D eigenvalue weighted by Gasteiger charge is -2.37. The van der Waals surface area contributed by atoms with Gasteiger partial charge in [-0.3, -0.25) is 4.90 Å². The van der Waals surface area contributed by atoms with Crippen LogP contribution in [0.4, 0.5) is 0 Å². The van der Waals surface area contributed by atoms with Gasteiger partial charge in [0.2, 0.25) is 0 Å². The van der Waals surface area contributed by atoms with Crippen LogP contribution in [-0.4, -0.2) is 24.0 Å². The highest BCUT2D eigenvalue weighted by Gasteiger charge is 2.26. The fraction of sp³-hybridized carbons (Fsp3) is 0.667. The van der Waals surface area contributed by atoms with E-state index in [0.717, 1.165) is 25.1 Å². The number of rotatable bonds is 6. The molecule has 0 aliphatic rings. The lowest BCUT2D eigenvalue weighted by molar-refractivity contribution is 0.116. The molecule has 86 valence electrons. The number of nitrogens with two attached hydrogens (primary N) is 1. The maximum atomic E-state index is 5.85. The Morgan fingerprint density at radius 1 is 1.53 bits per heavy atom. The van der Waals surface area contributed by atoms with Crippen LogP contribution in [0.1, 0.15) is 32.4 Å². The topological polar surface area (TPSA) is 42.4 Å². The molecule has 0 fully saturated rings. The second-order valence-electron chi connectivity index (χ2n) is 4.39. The summed E-state index contributed by atoms with van der Waals surface area (Å²) in [5.41, 5.74) is 5.92. The van der Waals surface area contributed by atoms with Crippen molar-refractivity contribution in [2.24, 2.45) is 5.73 Å². The monoisotopic (exact) mass is 210 g/mol. The molecule has 0 bridgehead atoms. The fourth-order valence-electron chi connectivity index (χ4n) is 1.81. The van der Waals surface area contributed by atoms with Gasteiger partial charge in [-0.15, -0.1) is 0 Å². The molecule has 1 unspecified atom stereocenters. The third kappa shape index (κ3) is 3.08. The van der Waals surface area contributed by atoms with Crippen LogP contribution in [-0.2, 0) is 6.54 Å². The summed E-state index contributed by atoms with van der Waals surface area (Å²) in [7, 11) is 2.10. The van der Waals surface area contributed by atoms with E-state index in [1.165, 1.54) is 0 Å². The van der Waals surface area contributed by atoms with Crippen molar-refractivity contribution in [2.45, 2.75) is 38.8 Å². The average Bonchev–Trinajstić information content (AvgIpc) is 2.70. The van der Waals surface area contributed by atoms with E-state index in [1.807, 2.05) is 12.1 Å². The fourth-order valence-corrected chi connectivity index (χ4v) is 1.81. The minimum atomic E-state index is 0.0710. The van der Waals surface area contributed by atoms with Gasteiger partial charge in [-0.25, -0.2) is 0 Å². The first-order valence-electron chi connectivity index (χ1n) is 5.56. The van der Waals surface area contributed by atoms with Crippen LogP contribution in [0.3, 0.4) is 0 Å². The van der Waals surface area contributed by atoms with Gasteiger partial charge in [-0.2, -0.15) is 0 Å². The summed E-state index contributed by atoms with van der Waals surface area (Å²) in [5, 5.41) is 0. The molecular formula is C12H22N2O. The second-order valence-corrected chi connectivity index (χ2v) is 4.39. The van der Waals surface area contributed by atoms with Crippen molar-refractivity contribution < 1.29 is 4.42 Å². The van der Waals surface area contributed by atoms with E-state index >= 15 is 0 Å². The van der Waals surface area contributed by atoms with Crippen molar-refractivity contribution in [2.75, 3.05) is 13.6 Å². The predicted molar refractivity (Wildman–Crippen MR) is 62.5 cm³/mol. The largest absolute Gasteiger partial charge is 0.468 e. The predicted octanol–water partition coefficient (Wildman–Crippen LogP) is 2.23. The summed E-state index contributed by atoms with van der Waals surface area (Å²) in [6.45, 7) is 5.90. The maximum absolute atomic E-state index is 5.85. The van der Waals surface area contributed by atoms with E-state index in [-0.39, 0.29) is 5.54 Å². The molecule has 2 N–H and O–H groups in total. The van der Waals surface area contributed by atoms with Crippen molar-refractivity contribution in [1.29, 1.82) is 0 Å². The molecule has 0 aromatic carbocycles. The van der Waals surface area contributed by atoms with E-state index in [2.05, 4.69) is 25.8 Å². The molecule has 0 aliphatic heterocycles. The zero-order valence-electron chi connectivity index (χ0n) is 9.99. The molecule has 0 aliphatic carbocycles. The molecule has 1 aromatic rings. The van der Waals surface area contributed by atoms with E-state index in [1.54, 1.807) is 6.26 Å². The molecule has 0 saturated carbocycles. The summed E-state index contributed by atoms with van der Waals surface area (Å²) in [5.74, 6) is 0.994. The van der Waals surface area contributed by atoms with E-state index < -0.39 is 0 Å². The highest BCUT2D eigenvalue weighted by atomic mass is 16.3. The quantitative estimate of drug-likeness (QED) is 0.783. The van der Waals surface area contributed by atoms with Gasteiger partial charge in [0.25, 0.3) is 0 Å². The molecule has 3 nitrogen and oxygen atoms in total. The second kappa shape index (κ2) is 5.33. The third-order valence-corrected chi connectivity index (χ3v) is 3.12. The Kier molecular flexibility index (Phi) is 4.36. The molecule has 3 heteroatoms. The lowest BCUT2D eigenvalue weighted by atomic mass is 9.94. The Morgan fingerprint density at radius 2 is 2.27 bits per heavy atom. The number of furan rings is 1. The first-order valence-corrected chi connectivity index (χ1v) is 5.56. The highest BCUT2D eigenvalue weighted by Crippen LogP contribution is 2.20. The summed E-state index contributed by atoms with van der Waals surface area (Å²) < 4.78 is 5.34.